The van der Waals surface area contributed by atoms with Crippen molar-refractivity contribution in [3.63, 3.8) is 0 Å². The minimum atomic E-state index is 0.405. The smallest absolute Gasteiger partial charge is 0.215 e. The first kappa shape index (κ1) is 11.1. The summed E-state index contributed by atoms with van der Waals surface area (Å²) in [5.41, 5.74) is 0. The van der Waals surface area contributed by atoms with Crippen LogP contribution in [0.15, 0.2) is 6.20 Å². The second-order valence-electron chi connectivity index (χ2n) is 3.26. The van der Waals surface area contributed by atoms with Crippen molar-refractivity contribution < 1.29 is 0 Å². The normalized spacial score (nSPS) is 10.5. The molecule has 1 aromatic heterocycles. The number of aromatic amines is 1. The highest BCUT2D eigenvalue weighted by atomic mass is 32.1. The van der Waals surface area contributed by atoms with E-state index in [0.29, 0.717) is 4.77 Å². The maximum Gasteiger partial charge on any atom is 0.215 e. The summed E-state index contributed by atoms with van der Waals surface area (Å²) in [5, 5.41) is 9.57. The van der Waals surface area contributed by atoms with E-state index in [9.17, 15) is 0 Å². The molecule has 0 aromatic carbocycles. The quantitative estimate of drug-likeness (QED) is 0.562. The summed E-state index contributed by atoms with van der Waals surface area (Å²) >= 11 is 4.84. The van der Waals surface area contributed by atoms with E-state index in [1.807, 2.05) is 0 Å². The van der Waals surface area contributed by atoms with Gasteiger partial charge in [-0.1, -0.05) is 0 Å². The Morgan fingerprint density at radius 2 is 2.36 bits per heavy atom. The molecule has 0 fully saturated rings. The van der Waals surface area contributed by atoms with Gasteiger partial charge in [0.25, 0.3) is 0 Å². The first-order valence-electron chi connectivity index (χ1n) is 4.49. The van der Waals surface area contributed by atoms with E-state index in [1.165, 1.54) is 0 Å². The van der Waals surface area contributed by atoms with Crippen LogP contribution in [0.1, 0.15) is 6.42 Å². The van der Waals surface area contributed by atoms with Crippen LogP contribution in [0.3, 0.4) is 0 Å². The lowest BCUT2D eigenvalue weighted by atomic mass is 10.4. The highest BCUT2D eigenvalue weighted by Gasteiger charge is 1.93. The number of H-pyrrole nitrogens is 1. The second kappa shape index (κ2) is 5.66. The number of nitrogens with one attached hydrogen (secondary N) is 2. The van der Waals surface area contributed by atoms with Crippen LogP contribution in [0.25, 0.3) is 0 Å². The van der Waals surface area contributed by atoms with Crippen LogP contribution in [0.2, 0.25) is 0 Å². The van der Waals surface area contributed by atoms with E-state index < -0.39 is 0 Å². The zero-order chi connectivity index (χ0) is 10.4. The van der Waals surface area contributed by atoms with E-state index >= 15 is 0 Å². The van der Waals surface area contributed by atoms with Gasteiger partial charge in [-0.25, -0.2) is 4.98 Å². The molecule has 78 valence electrons. The summed E-state index contributed by atoms with van der Waals surface area (Å²) < 4.78 is 0.405. The minimum absolute atomic E-state index is 0.405. The summed E-state index contributed by atoms with van der Waals surface area (Å²) in [4.78, 5) is 6.21. The van der Waals surface area contributed by atoms with Gasteiger partial charge < -0.3 is 10.2 Å². The lowest BCUT2D eigenvalue weighted by Gasteiger charge is -2.09. The fourth-order valence-electron chi connectivity index (χ4n) is 1.01. The van der Waals surface area contributed by atoms with Crippen molar-refractivity contribution in [2.45, 2.75) is 6.42 Å². The van der Waals surface area contributed by atoms with Crippen molar-refractivity contribution >= 4 is 18.0 Å². The number of anilines is 1. The maximum absolute atomic E-state index is 4.84. The number of nitrogens with zero attached hydrogens (tertiary/aromatic N) is 3. The lowest BCUT2D eigenvalue weighted by molar-refractivity contribution is 0.405. The summed E-state index contributed by atoms with van der Waals surface area (Å²) in [6.07, 6.45) is 2.70. The molecule has 0 aliphatic carbocycles. The van der Waals surface area contributed by atoms with Crippen molar-refractivity contribution in [1.82, 2.24) is 20.1 Å². The topological polar surface area (TPSA) is 56.8 Å². The SMILES string of the molecule is CN(C)CCCNc1cn[nH]c(=S)n1. The van der Waals surface area contributed by atoms with E-state index in [1.54, 1.807) is 6.20 Å². The van der Waals surface area contributed by atoms with E-state index in [-0.39, 0.29) is 0 Å². The standard InChI is InChI=1S/C8H15N5S/c1-13(2)5-3-4-9-7-6-10-12-8(14)11-7/h6H,3-5H2,1-2H3,(H2,9,11,12,14). The van der Waals surface area contributed by atoms with Crippen LogP contribution in [0, 0.1) is 4.77 Å². The molecule has 1 heterocycles. The number of hydrogen-bond donors (Lipinski definition) is 2. The van der Waals surface area contributed by atoms with Crippen LogP contribution in [-0.4, -0.2) is 47.3 Å². The molecule has 0 aliphatic heterocycles. The van der Waals surface area contributed by atoms with E-state index in [4.69, 9.17) is 12.2 Å². The fourth-order valence-corrected chi connectivity index (χ4v) is 1.16. The average Bonchev–Trinajstić information content (AvgIpc) is 2.12. The molecule has 1 rings (SSSR count). The van der Waals surface area contributed by atoms with Crippen LogP contribution in [0.5, 0.6) is 0 Å². The predicted molar refractivity (Wildman–Crippen MR) is 58.9 cm³/mol. The highest BCUT2D eigenvalue weighted by molar-refractivity contribution is 7.71. The average molecular weight is 213 g/mol. The summed E-state index contributed by atoms with van der Waals surface area (Å²) in [6.45, 7) is 1.94. The second-order valence-corrected chi connectivity index (χ2v) is 3.64. The van der Waals surface area contributed by atoms with Gasteiger partial charge in [0.05, 0.1) is 6.20 Å². The van der Waals surface area contributed by atoms with Gasteiger partial charge in [0, 0.05) is 6.54 Å². The number of aromatic nitrogens is 3. The zero-order valence-corrected chi connectivity index (χ0v) is 9.27. The van der Waals surface area contributed by atoms with Gasteiger partial charge in [0.2, 0.25) is 4.77 Å². The van der Waals surface area contributed by atoms with Crippen LogP contribution in [-0.2, 0) is 0 Å². The van der Waals surface area contributed by atoms with Crippen molar-refractivity contribution in [3.8, 4) is 0 Å². The van der Waals surface area contributed by atoms with Crippen molar-refractivity contribution in [2.24, 2.45) is 0 Å². The maximum atomic E-state index is 4.84. The Kier molecular flexibility index (Phi) is 4.48. The Bertz CT molecular complexity index is 322. The van der Waals surface area contributed by atoms with Gasteiger partial charge in [-0.05, 0) is 39.3 Å². The van der Waals surface area contributed by atoms with Gasteiger partial charge in [0.15, 0.2) is 0 Å². The molecule has 0 aliphatic rings. The Labute approximate surface area is 88.6 Å². The van der Waals surface area contributed by atoms with Crippen molar-refractivity contribution in [2.75, 3.05) is 32.5 Å². The third kappa shape index (κ3) is 4.29. The molecule has 1 aromatic rings. The predicted octanol–water partition coefficient (Wildman–Crippen LogP) is 0.898. The number of rotatable bonds is 5. The molecule has 6 heteroatoms. The summed E-state index contributed by atoms with van der Waals surface area (Å²) in [5.74, 6) is 0.729. The molecule has 0 saturated heterocycles. The monoisotopic (exact) mass is 213 g/mol. The van der Waals surface area contributed by atoms with E-state index in [2.05, 4.69) is 39.5 Å². The molecule has 2 N–H and O–H groups in total. The van der Waals surface area contributed by atoms with E-state index in [0.717, 1.165) is 25.3 Å². The third-order valence-corrected chi connectivity index (χ3v) is 1.84. The van der Waals surface area contributed by atoms with Crippen LogP contribution < -0.4 is 5.32 Å². The molecule has 0 unspecified atom stereocenters. The van der Waals surface area contributed by atoms with Gasteiger partial charge in [-0.15, -0.1) is 0 Å². The zero-order valence-electron chi connectivity index (χ0n) is 8.45. The summed E-state index contributed by atoms with van der Waals surface area (Å²) in [6, 6.07) is 0. The van der Waals surface area contributed by atoms with Gasteiger partial charge in [0.1, 0.15) is 5.82 Å². The van der Waals surface area contributed by atoms with Crippen LogP contribution in [0.4, 0.5) is 5.82 Å². The first-order chi connectivity index (χ1) is 6.68. The Morgan fingerprint density at radius 3 is 3.00 bits per heavy atom. The van der Waals surface area contributed by atoms with Crippen molar-refractivity contribution in [3.05, 3.63) is 11.0 Å². The summed E-state index contributed by atoms with van der Waals surface area (Å²) in [7, 11) is 4.11. The van der Waals surface area contributed by atoms with Crippen molar-refractivity contribution in [1.29, 1.82) is 0 Å². The highest BCUT2D eigenvalue weighted by Crippen LogP contribution is 1.96. The molecule has 0 saturated carbocycles. The van der Waals surface area contributed by atoms with Crippen LogP contribution >= 0.6 is 12.2 Å². The first-order valence-corrected chi connectivity index (χ1v) is 4.89. The molecule has 0 amide bonds. The minimum Gasteiger partial charge on any atom is -0.369 e. The lowest BCUT2D eigenvalue weighted by Crippen LogP contribution is -2.16. The Balaban J connectivity index is 2.28. The largest absolute Gasteiger partial charge is 0.369 e. The molecule has 0 bridgehead atoms. The third-order valence-electron chi connectivity index (χ3n) is 1.66. The molecular weight excluding hydrogens is 198 g/mol. The molecular formula is C8H15N5S. The van der Waals surface area contributed by atoms with Gasteiger partial charge in [-0.3, -0.25) is 5.10 Å². The Morgan fingerprint density at radius 1 is 1.57 bits per heavy atom. The Hall–Kier alpha value is -1.01. The molecule has 0 atom stereocenters. The molecule has 0 spiro atoms. The molecule has 0 radical (unpaired) electrons. The van der Waals surface area contributed by atoms with Gasteiger partial charge in [-0.2, -0.15) is 5.10 Å². The number of hydrogen-bond acceptors (Lipinski definition) is 5. The molecule has 5 nitrogen and oxygen atoms in total. The molecule has 14 heavy (non-hydrogen) atoms. The van der Waals surface area contributed by atoms with Gasteiger partial charge >= 0.3 is 0 Å². The fraction of sp³-hybridized carbons (Fsp3) is 0.625.